The number of aryl methyl sites for hydroxylation is 1. The third kappa shape index (κ3) is 1.89. The first-order valence-corrected chi connectivity index (χ1v) is 5.91. The Balaban J connectivity index is 2.73. The van der Waals surface area contributed by atoms with Crippen LogP contribution in [0, 0.1) is 5.82 Å². The van der Waals surface area contributed by atoms with Crippen LogP contribution in [0.1, 0.15) is 12.5 Å². The fraction of sp³-hybridized carbons (Fsp3) is 0.250. The largest absolute Gasteiger partial charge is 0.373 e. The van der Waals surface area contributed by atoms with E-state index in [9.17, 15) is 4.39 Å². The first-order valence-electron chi connectivity index (χ1n) is 5.12. The average molecular weight is 283 g/mol. The van der Waals surface area contributed by atoms with Crippen LogP contribution >= 0.6 is 15.9 Å². The lowest BCUT2D eigenvalue weighted by Gasteiger charge is -2.08. The molecule has 0 saturated heterocycles. The molecule has 4 heteroatoms. The Kier molecular flexibility index (Phi) is 3.10. The van der Waals surface area contributed by atoms with E-state index >= 15 is 0 Å². The van der Waals surface area contributed by atoms with Crippen LogP contribution in [-0.4, -0.2) is 12.0 Å². The van der Waals surface area contributed by atoms with E-state index in [-0.39, 0.29) is 5.82 Å². The van der Waals surface area contributed by atoms with E-state index < -0.39 is 0 Å². The number of fused-ring (bicyclic) bond motifs is 1. The Hall–Kier alpha value is -1.16. The Bertz CT molecular complexity index is 492. The maximum absolute atomic E-state index is 13.4. The zero-order valence-electron chi connectivity index (χ0n) is 9.14. The highest BCUT2D eigenvalue weighted by atomic mass is 79.9. The summed E-state index contributed by atoms with van der Waals surface area (Å²) in [5.41, 5.74) is 1.80. The number of rotatable bonds is 2. The molecule has 0 fully saturated rings. The predicted molar refractivity (Wildman–Crippen MR) is 68.3 cm³/mol. The van der Waals surface area contributed by atoms with Gasteiger partial charge < -0.3 is 5.32 Å². The molecule has 0 radical (unpaired) electrons. The van der Waals surface area contributed by atoms with Crippen LogP contribution in [0.25, 0.3) is 10.9 Å². The van der Waals surface area contributed by atoms with E-state index in [0.717, 1.165) is 23.2 Å². The molecule has 2 aromatic rings. The van der Waals surface area contributed by atoms with E-state index in [1.165, 1.54) is 6.07 Å². The number of halogens is 2. The molecule has 16 heavy (non-hydrogen) atoms. The van der Waals surface area contributed by atoms with Crippen molar-refractivity contribution in [2.24, 2.45) is 0 Å². The van der Waals surface area contributed by atoms with E-state index in [1.807, 2.05) is 13.1 Å². The molecule has 2 rings (SSSR count). The van der Waals surface area contributed by atoms with Crippen molar-refractivity contribution in [1.29, 1.82) is 0 Å². The third-order valence-electron chi connectivity index (χ3n) is 2.55. The van der Waals surface area contributed by atoms with E-state index in [0.29, 0.717) is 9.99 Å². The summed E-state index contributed by atoms with van der Waals surface area (Å²) in [5, 5.41) is 3.98. The van der Waals surface area contributed by atoms with Crippen LogP contribution in [0.4, 0.5) is 10.2 Å². The molecule has 0 aliphatic rings. The maximum Gasteiger partial charge on any atom is 0.139 e. The van der Waals surface area contributed by atoms with Crippen LogP contribution in [0.5, 0.6) is 0 Å². The topological polar surface area (TPSA) is 24.9 Å². The van der Waals surface area contributed by atoms with Crippen molar-refractivity contribution >= 4 is 32.7 Å². The summed E-state index contributed by atoms with van der Waals surface area (Å²) in [4.78, 5) is 4.39. The minimum atomic E-state index is -0.286. The van der Waals surface area contributed by atoms with Crippen LogP contribution in [-0.2, 0) is 6.42 Å². The second kappa shape index (κ2) is 4.37. The number of benzene rings is 1. The second-order valence-corrected chi connectivity index (χ2v) is 4.41. The molecule has 0 spiro atoms. The number of anilines is 1. The molecule has 0 bridgehead atoms. The van der Waals surface area contributed by atoms with Crippen LogP contribution in [0.2, 0.25) is 0 Å². The molecule has 0 atom stereocenters. The quantitative estimate of drug-likeness (QED) is 0.908. The molecule has 1 aromatic heterocycles. The Morgan fingerprint density at radius 3 is 2.75 bits per heavy atom. The number of nitrogens with zero attached hydrogens (tertiary/aromatic N) is 1. The van der Waals surface area contributed by atoms with Gasteiger partial charge in [-0.1, -0.05) is 6.92 Å². The maximum atomic E-state index is 13.4. The summed E-state index contributed by atoms with van der Waals surface area (Å²) >= 11 is 3.18. The zero-order chi connectivity index (χ0) is 11.7. The van der Waals surface area contributed by atoms with Crippen LogP contribution in [0.3, 0.4) is 0 Å². The molecule has 0 aliphatic carbocycles. The number of nitrogens with one attached hydrogen (secondary N) is 1. The van der Waals surface area contributed by atoms with Gasteiger partial charge in [-0.05, 0) is 40.0 Å². The van der Waals surface area contributed by atoms with Gasteiger partial charge in [0.15, 0.2) is 0 Å². The number of aromatic nitrogens is 1. The van der Waals surface area contributed by atoms with Gasteiger partial charge in [0.2, 0.25) is 0 Å². The summed E-state index contributed by atoms with van der Waals surface area (Å²) < 4.78 is 13.8. The van der Waals surface area contributed by atoms with Crippen molar-refractivity contribution < 1.29 is 4.39 Å². The number of hydrogen-bond donors (Lipinski definition) is 1. The van der Waals surface area contributed by atoms with Gasteiger partial charge in [0, 0.05) is 18.5 Å². The Morgan fingerprint density at radius 1 is 1.38 bits per heavy atom. The molecule has 0 saturated carbocycles. The molecule has 1 heterocycles. The Labute approximate surface area is 102 Å². The molecule has 1 N–H and O–H groups in total. The van der Waals surface area contributed by atoms with Gasteiger partial charge in [-0.25, -0.2) is 9.37 Å². The highest BCUT2D eigenvalue weighted by Gasteiger charge is 2.07. The first kappa shape index (κ1) is 11.3. The standard InChI is InChI=1S/C12H12BrFN2/c1-3-7-4-8-5-9(13)10(14)6-11(8)16-12(7)15-2/h4-6H,3H2,1-2H3,(H,15,16). The fourth-order valence-electron chi connectivity index (χ4n) is 1.70. The lowest BCUT2D eigenvalue weighted by Crippen LogP contribution is -1.98. The van der Waals surface area contributed by atoms with Gasteiger partial charge >= 0.3 is 0 Å². The molecule has 0 unspecified atom stereocenters. The van der Waals surface area contributed by atoms with Crippen molar-refractivity contribution in [2.75, 3.05) is 12.4 Å². The summed E-state index contributed by atoms with van der Waals surface area (Å²) in [5.74, 6) is 0.531. The van der Waals surface area contributed by atoms with Gasteiger partial charge in [0.05, 0.1) is 9.99 Å². The molecular weight excluding hydrogens is 271 g/mol. The highest BCUT2D eigenvalue weighted by Crippen LogP contribution is 2.26. The van der Waals surface area contributed by atoms with Gasteiger partial charge in [-0.3, -0.25) is 0 Å². The lowest BCUT2D eigenvalue weighted by atomic mass is 10.1. The molecule has 0 aliphatic heterocycles. The van der Waals surface area contributed by atoms with Crippen molar-refractivity contribution in [3.63, 3.8) is 0 Å². The molecule has 2 nitrogen and oxygen atoms in total. The van der Waals surface area contributed by atoms with Gasteiger partial charge in [-0.15, -0.1) is 0 Å². The predicted octanol–water partition coefficient (Wildman–Crippen LogP) is 3.74. The SMILES string of the molecule is CCc1cc2cc(Br)c(F)cc2nc1NC. The van der Waals surface area contributed by atoms with E-state index in [4.69, 9.17) is 0 Å². The van der Waals surface area contributed by atoms with Crippen molar-refractivity contribution in [3.8, 4) is 0 Å². The third-order valence-corrected chi connectivity index (χ3v) is 3.16. The molecular formula is C12H12BrFN2. The summed E-state index contributed by atoms with van der Waals surface area (Å²) in [7, 11) is 1.82. The van der Waals surface area contributed by atoms with E-state index in [2.05, 4.69) is 33.2 Å². The smallest absolute Gasteiger partial charge is 0.139 e. The summed E-state index contributed by atoms with van der Waals surface area (Å²) in [6.07, 6.45) is 0.897. The average Bonchev–Trinajstić information content (AvgIpc) is 2.29. The van der Waals surface area contributed by atoms with Gasteiger partial charge in [0.25, 0.3) is 0 Å². The summed E-state index contributed by atoms with van der Waals surface area (Å²) in [6.45, 7) is 2.07. The monoisotopic (exact) mass is 282 g/mol. The van der Waals surface area contributed by atoms with Gasteiger partial charge in [-0.2, -0.15) is 0 Å². The van der Waals surface area contributed by atoms with E-state index in [1.54, 1.807) is 6.07 Å². The highest BCUT2D eigenvalue weighted by molar-refractivity contribution is 9.10. The zero-order valence-corrected chi connectivity index (χ0v) is 10.7. The van der Waals surface area contributed by atoms with Crippen molar-refractivity contribution in [3.05, 3.63) is 34.1 Å². The molecule has 1 aromatic carbocycles. The van der Waals surface area contributed by atoms with Crippen LogP contribution < -0.4 is 5.32 Å². The Morgan fingerprint density at radius 2 is 2.12 bits per heavy atom. The minimum Gasteiger partial charge on any atom is -0.373 e. The van der Waals surface area contributed by atoms with Crippen molar-refractivity contribution in [1.82, 2.24) is 4.98 Å². The molecule has 84 valence electrons. The number of hydrogen-bond acceptors (Lipinski definition) is 2. The fourth-order valence-corrected chi connectivity index (χ4v) is 2.06. The molecule has 0 amide bonds. The first-order chi connectivity index (χ1) is 7.65. The normalized spacial score (nSPS) is 10.8. The van der Waals surface area contributed by atoms with Gasteiger partial charge in [0.1, 0.15) is 11.6 Å². The lowest BCUT2D eigenvalue weighted by molar-refractivity contribution is 0.623. The minimum absolute atomic E-state index is 0.286. The summed E-state index contributed by atoms with van der Waals surface area (Å²) in [6, 6.07) is 5.24. The van der Waals surface area contributed by atoms with Crippen LogP contribution in [0.15, 0.2) is 22.7 Å². The second-order valence-electron chi connectivity index (χ2n) is 3.56. The van der Waals surface area contributed by atoms with Crippen molar-refractivity contribution in [2.45, 2.75) is 13.3 Å². The number of pyridine rings is 1.